The third kappa shape index (κ3) is 5.39. The van der Waals surface area contributed by atoms with Gasteiger partial charge in [-0.05, 0) is 59.4 Å². The minimum absolute atomic E-state index is 0.225. The summed E-state index contributed by atoms with van der Waals surface area (Å²) < 4.78 is 4.43. The molecule has 5 nitrogen and oxygen atoms in total. The standard InChI is InChI=1S/C12H21N.C5H7NO3/c1-10-5-3-6-12(11(10)2)7-4-8-13-9-12;1-2-9-5(8)3-6-4-7/h13H,3-9H2,1-2H3;2-3H2,1H3. The van der Waals surface area contributed by atoms with Crippen molar-refractivity contribution in [1.82, 2.24) is 5.32 Å². The molecule has 0 radical (unpaired) electrons. The number of nitrogens with zero attached hydrogens (tertiary/aromatic N) is 1. The minimum atomic E-state index is -0.499. The van der Waals surface area contributed by atoms with Crippen LogP contribution in [0.4, 0.5) is 0 Å². The van der Waals surface area contributed by atoms with Crippen LogP contribution in [0.2, 0.25) is 0 Å². The second kappa shape index (κ2) is 9.54. The molecule has 2 rings (SSSR count). The first kappa shape index (κ1) is 18.6. The largest absolute Gasteiger partial charge is 0.465 e. The zero-order chi connectivity index (χ0) is 16.4. The molecule has 0 aromatic carbocycles. The number of esters is 1. The van der Waals surface area contributed by atoms with Gasteiger partial charge in [-0.1, -0.05) is 11.1 Å². The van der Waals surface area contributed by atoms with Gasteiger partial charge in [-0.15, -0.1) is 0 Å². The highest BCUT2D eigenvalue weighted by Crippen LogP contribution is 2.44. The molecule has 0 bridgehead atoms. The Kier molecular flexibility index (Phi) is 8.07. The highest BCUT2D eigenvalue weighted by atomic mass is 16.5. The van der Waals surface area contributed by atoms with E-state index < -0.39 is 5.97 Å². The van der Waals surface area contributed by atoms with Crippen LogP contribution in [0.5, 0.6) is 0 Å². The van der Waals surface area contributed by atoms with Crippen LogP contribution >= 0.6 is 0 Å². The fraction of sp³-hybridized carbons (Fsp3) is 0.765. The van der Waals surface area contributed by atoms with Crippen LogP contribution in [0.25, 0.3) is 0 Å². The van der Waals surface area contributed by atoms with Gasteiger partial charge in [0.15, 0.2) is 0 Å². The summed E-state index contributed by atoms with van der Waals surface area (Å²) in [6.07, 6.45) is 8.18. The summed E-state index contributed by atoms with van der Waals surface area (Å²) in [6, 6.07) is 0. The number of carbonyl (C=O) groups excluding carboxylic acids is 2. The summed E-state index contributed by atoms with van der Waals surface area (Å²) in [4.78, 5) is 22.7. The average molecular weight is 308 g/mol. The molecule has 5 heteroatoms. The Balaban J connectivity index is 0.000000239. The Morgan fingerprint density at radius 3 is 2.68 bits per heavy atom. The van der Waals surface area contributed by atoms with E-state index in [1.54, 1.807) is 18.1 Å². The third-order valence-electron chi connectivity index (χ3n) is 4.69. The maximum Gasteiger partial charge on any atom is 0.328 e. The topological polar surface area (TPSA) is 67.8 Å². The van der Waals surface area contributed by atoms with Crippen molar-refractivity contribution in [2.45, 2.75) is 52.9 Å². The maximum absolute atomic E-state index is 10.3. The number of ether oxygens (including phenoxy) is 1. The summed E-state index contributed by atoms with van der Waals surface area (Å²) in [5.41, 5.74) is 3.92. The molecule has 0 saturated carbocycles. The van der Waals surface area contributed by atoms with Gasteiger partial charge in [-0.25, -0.2) is 4.79 Å². The molecule has 0 aromatic rings. The number of piperidine rings is 1. The third-order valence-corrected chi connectivity index (χ3v) is 4.69. The first-order valence-electron chi connectivity index (χ1n) is 8.12. The fourth-order valence-corrected chi connectivity index (χ4v) is 3.32. The molecule has 1 aliphatic heterocycles. The summed E-state index contributed by atoms with van der Waals surface area (Å²) in [5.74, 6) is -0.499. The highest BCUT2D eigenvalue weighted by Gasteiger charge is 2.35. The fourth-order valence-electron chi connectivity index (χ4n) is 3.32. The molecule has 22 heavy (non-hydrogen) atoms. The lowest BCUT2D eigenvalue weighted by molar-refractivity contribution is -0.141. The number of hydrogen-bond donors (Lipinski definition) is 1. The average Bonchev–Trinajstić information content (AvgIpc) is 2.53. The molecule has 1 aliphatic carbocycles. The molecule has 1 saturated heterocycles. The number of carbonyl (C=O) groups is 1. The van der Waals surface area contributed by atoms with E-state index in [-0.39, 0.29) is 6.54 Å². The quantitative estimate of drug-likeness (QED) is 0.377. The Morgan fingerprint density at radius 1 is 1.36 bits per heavy atom. The van der Waals surface area contributed by atoms with E-state index in [0.717, 1.165) is 0 Å². The van der Waals surface area contributed by atoms with Crippen molar-refractivity contribution >= 4 is 12.0 Å². The predicted molar refractivity (Wildman–Crippen MR) is 86.4 cm³/mol. The van der Waals surface area contributed by atoms with E-state index in [2.05, 4.69) is 28.9 Å². The van der Waals surface area contributed by atoms with Crippen molar-refractivity contribution < 1.29 is 14.3 Å². The molecule has 0 amide bonds. The van der Waals surface area contributed by atoms with Crippen LogP contribution in [0.15, 0.2) is 16.1 Å². The van der Waals surface area contributed by atoms with Gasteiger partial charge in [-0.3, -0.25) is 4.79 Å². The zero-order valence-corrected chi connectivity index (χ0v) is 14.0. The van der Waals surface area contributed by atoms with Gasteiger partial charge in [0.2, 0.25) is 6.08 Å². The lowest BCUT2D eigenvalue weighted by atomic mass is 9.67. The van der Waals surface area contributed by atoms with Crippen molar-refractivity contribution in [1.29, 1.82) is 0 Å². The van der Waals surface area contributed by atoms with E-state index in [1.807, 2.05) is 0 Å². The molecule has 1 N–H and O–H groups in total. The maximum atomic E-state index is 10.3. The highest BCUT2D eigenvalue weighted by molar-refractivity contribution is 5.72. The summed E-state index contributed by atoms with van der Waals surface area (Å²) in [7, 11) is 0. The van der Waals surface area contributed by atoms with Crippen LogP contribution < -0.4 is 5.32 Å². The van der Waals surface area contributed by atoms with Crippen molar-refractivity contribution in [3.05, 3.63) is 11.1 Å². The Labute approximate surface area is 133 Å². The molecular weight excluding hydrogens is 280 g/mol. The molecule has 1 fully saturated rings. The van der Waals surface area contributed by atoms with Crippen molar-refractivity contribution in [2.24, 2.45) is 10.4 Å². The van der Waals surface area contributed by atoms with E-state index in [4.69, 9.17) is 0 Å². The summed E-state index contributed by atoms with van der Waals surface area (Å²) in [5, 5.41) is 3.56. The van der Waals surface area contributed by atoms with Gasteiger partial charge in [0, 0.05) is 12.0 Å². The zero-order valence-electron chi connectivity index (χ0n) is 14.0. The number of allylic oxidation sites excluding steroid dienone is 1. The molecule has 1 unspecified atom stereocenters. The van der Waals surface area contributed by atoms with E-state index in [1.165, 1.54) is 51.3 Å². The summed E-state index contributed by atoms with van der Waals surface area (Å²) >= 11 is 0. The Hall–Kier alpha value is -1.45. The second-order valence-corrected chi connectivity index (χ2v) is 6.03. The Morgan fingerprint density at radius 2 is 2.09 bits per heavy atom. The van der Waals surface area contributed by atoms with Gasteiger partial charge in [0.1, 0.15) is 6.54 Å². The van der Waals surface area contributed by atoms with E-state index in [0.29, 0.717) is 12.0 Å². The van der Waals surface area contributed by atoms with Gasteiger partial charge < -0.3 is 10.1 Å². The number of rotatable bonds is 3. The monoisotopic (exact) mass is 308 g/mol. The minimum Gasteiger partial charge on any atom is -0.465 e. The molecule has 0 aromatic heterocycles. The van der Waals surface area contributed by atoms with Crippen LogP contribution in [-0.2, 0) is 14.3 Å². The van der Waals surface area contributed by atoms with Crippen molar-refractivity contribution in [3.8, 4) is 0 Å². The van der Waals surface area contributed by atoms with Gasteiger partial charge in [0.05, 0.1) is 6.61 Å². The predicted octanol–water partition coefficient (Wildman–Crippen LogP) is 2.76. The second-order valence-electron chi connectivity index (χ2n) is 6.03. The number of hydrogen-bond acceptors (Lipinski definition) is 5. The molecule has 2 aliphatic rings. The SMILES string of the molecule is CC1=C(C)C2(CCCNC2)CCC1.CCOC(=O)CN=C=O. The van der Waals surface area contributed by atoms with E-state index >= 15 is 0 Å². The number of aliphatic imine (C=N–C) groups is 1. The Bertz CT molecular complexity index is 445. The smallest absolute Gasteiger partial charge is 0.328 e. The van der Waals surface area contributed by atoms with Crippen molar-refractivity contribution in [3.63, 3.8) is 0 Å². The number of isocyanates is 1. The summed E-state index contributed by atoms with van der Waals surface area (Å²) in [6.45, 7) is 8.92. The normalized spacial score (nSPS) is 24.1. The van der Waals surface area contributed by atoms with Crippen LogP contribution in [0, 0.1) is 5.41 Å². The first-order valence-corrected chi connectivity index (χ1v) is 8.12. The molecule has 1 spiro atoms. The van der Waals surface area contributed by atoms with Gasteiger partial charge in [0.25, 0.3) is 0 Å². The van der Waals surface area contributed by atoms with Crippen molar-refractivity contribution in [2.75, 3.05) is 26.2 Å². The lowest BCUT2D eigenvalue weighted by Crippen LogP contribution is -2.42. The number of nitrogens with one attached hydrogen (secondary N) is 1. The van der Waals surface area contributed by atoms with E-state index in [9.17, 15) is 9.59 Å². The van der Waals surface area contributed by atoms with Crippen LogP contribution in [0.3, 0.4) is 0 Å². The first-order chi connectivity index (χ1) is 10.6. The van der Waals surface area contributed by atoms with Gasteiger partial charge >= 0.3 is 5.97 Å². The molecular formula is C17H28N2O3. The molecule has 1 atom stereocenters. The molecule has 1 heterocycles. The van der Waals surface area contributed by atoms with Crippen LogP contribution in [0.1, 0.15) is 52.9 Å². The van der Waals surface area contributed by atoms with Crippen LogP contribution in [-0.4, -0.2) is 38.3 Å². The lowest BCUT2D eigenvalue weighted by Gasteiger charge is -2.42. The van der Waals surface area contributed by atoms with Gasteiger partial charge in [-0.2, -0.15) is 4.99 Å². The molecule has 124 valence electrons.